The summed E-state index contributed by atoms with van der Waals surface area (Å²) in [5.41, 5.74) is 0.366. The second-order valence-corrected chi connectivity index (χ2v) is 7.14. The van der Waals surface area contributed by atoms with E-state index >= 15 is 0 Å². The van der Waals surface area contributed by atoms with E-state index in [9.17, 15) is 14.0 Å². The maximum absolute atomic E-state index is 14.0. The monoisotopic (exact) mass is 407 g/mol. The Kier molecular flexibility index (Phi) is 6.50. The summed E-state index contributed by atoms with van der Waals surface area (Å²) in [6, 6.07) is 6.36. The Morgan fingerprint density at radius 3 is 2.50 bits per heavy atom. The van der Waals surface area contributed by atoms with E-state index in [0.29, 0.717) is 49.3 Å². The van der Waals surface area contributed by atoms with Gasteiger partial charge in [-0.15, -0.1) is 10.2 Å². The largest absolute Gasteiger partial charge is 0.450 e. The number of piperazine rings is 1. The number of thioether (sulfide) groups is 1. The van der Waals surface area contributed by atoms with Gasteiger partial charge in [0.15, 0.2) is 11.0 Å². The molecule has 1 saturated heterocycles. The number of carbonyl (C=O) groups excluding carboxylic acids is 2. The van der Waals surface area contributed by atoms with Crippen LogP contribution < -0.4 is 0 Å². The normalized spacial score (nSPS) is 14.2. The van der Waals surface area contributed by atoms with Crippen LogP contribution in [0.4, 0.5) is 9.18 Å². The van der Waals surface area contributed by atoms with Gasteiger partial charge in [-0.2, -0.15) is 0 Å². The quantitative estimate of drug-likeness (QED) is 0.706. The van der Waals surface area contributed by atoms with Crippen molar-refractivity contribution in [2.24, 2.45) is 7.05 Å². The van der Waals surface area contributed by atoms with E-state index in [1.165, 1.54) is 17.8 Å². The first-order valence-corrected chi connectivity index (χ1v) is 9.96. The van der Waals surface area contributed by atoms with Crippen molar-refractivity contribution in [3.05, 3.63) is 30.1 Å². The van der Waals surface area contributed by atoms with Crippen molar-refractivity contribution in [1.82, 2.24) is 24.6 Å². The lowest BCUT2D eigenvalue weighted by molar-refractivity contribution is -0.129. The van der Waals surface area contributed by atoms with Gasteiger partial charge < -0.3 is 19.1 Å². The van der Waals surface area contributed by atoms with E-state index < -0.39 is 0 Å². The van der Waals surface area contributed by atoms with E-state index in [2.05, 4.69) is 10.2 Å². The number of nitrogens with zero attached hydrogens (tertiary/aromatic N) is 5. The predicted octanol–water partition coefficient (Wildman–Crippen LogP) is 2.01. The lowest BCUT2D eigenvalue weighted by Gasteiger charge is -2.34. The standard InChI is InChI=1S/C18H22FN5O3S/c1-3-27-18(26)24-10-8-23(9-11-24)15(25)12-28-17-21-20-16(22(17)2)13-6-4-5-7-14(13)19/h4-7H,3,8-12H2,1-2H3. The van der Waals surface area contributed by atoms with Crippen LogP contribution >= 0.6 is 11.8 Å². The molecule has 0 radical (unpaired) electrons. The van der Waals surface area contributed by atoms with Crippen molar-refractivity contribution in [3.63, 3.8) is 0 Å². The Balaban J connectivity index is 1.55. The molecule has 0 spiro atoms. The first-order chi connectivity index (χ1) is 13.5. The molecule has 0 N–H and O–H groups in total. The maximum atomic E-state index is 14.0. The topological polar surface area (TPSA) is 80.6 Å². The summed E-state index contributed by atoms with van der Waals surface area (Å²) in [4.78, 5) is 27.5. The zero-order valence-corrected chi connectivity index (χ0v) is 16.6. The van der Waals surface area contributed by atoms with E-state index in [0.717, 1.165) is 0 Å². The summed E-state index contributed by atoms with van der Waals surface area (Å²) < 4.78 is 20.6. The molecule has 0 bridgehead atoms. The minimum Gasteiger partial charge on any atom is -0.450 e. The Morgan fingerprint density at radius 1 is 1.14 bits per heavy atom. The highest BCUT2D eigenvalue weighted by atomic mass is 32.2. The number of hydrogen-bond donors (Lipinski definition) is 0. The summed E-state index contributed by atoms with van der Waals surface area (Å²) in [6.07, 6.45) is -0.344. The third-order valence-electron chi connectivity index (χ3n) is 4.43. The number of rotatable bonds is 5. The third kappa shape index (κ3) is 4.44. The molecule has 3 rings (SSSR count). The molecule has 2 amide bonds. The molecular weight excluding hydrogens is 385 g/mol. The zero-order chi connectivity index (χ0) is 20.1. The van der Waals surface area contributed by atoms with Crippen LogP contribution in [0.25, 0.3) is 11.4 Å². The molecule has 1 aromatic heterocycles. The summed E-state index contributed by atoms with van der Waals surface area (Å²) in [6.45, 7) is 3.95. The van der Waals surface area contributed by atoms with Gasteiger partial charge in [0.05, 0.1) is 17.9 Å². The van der Waals surface area contributed by atoms with Gasteiger partial charge in [-0.1, -0.05) is 23.9 Å². The summed E-state index contributed by atoms with van der Waals surface area (Å²) >= 11 is 1.26. The van der Waals surface area contributed by atoms with Crippen LogP contribution in [0.5, 0.6) is 0 Å². The molecule has 1 aromatic carbocycles. The van der Waals surface area contributed by atoms with E-state index in [1.54, 1.807) is 46.5 Å². The Hall–Kier alpha value is -2.62. The van der Waals surface area contributed by atoms with Gasteiger partial charge >= 0.3 is 6.09 Å². The summed E-state index contributed by atoms with van der Waals surface area (Å²) in [5, 5.41) is 8.67. The molecule has 1 aliphatic rings. The van der Waals surface area contributed by atoms with Crippen molar-refractivity contribution in [1.29, 1.82) is 0 Å². The molecule has 0 saturated carbocycles. The minimum atomic E-state index is -0.370. The van der Waals surface area contributed by atoms with Crippen LogP contribution in [0.15, 0.2) is 29.4 Å². The van der Waals surface area contributed by atoms with Crippen molar-refractivity contribution in [2.45, 2.75) is 12.1 Å². The number of amides is 2. The van der Waals surface area contributed by atoms with Crippen molar-refractivity contribution < 1.29 is 18.7 Å². The number of aromatic nitrogens is 3. The van der Waals surface area contributed by atoms with Crippen molar-refractivity contribution in [2.75, 3.05) is 38.5 Å². The highest BCUT2D eigenvalue weighted by Crippen LogP contribution is 2.24. The Bertz CT molecular complexity index is 851. The zero-order valence-electron chi connectivity index (χ0n) is 15.8. The van der Waals surface area contributed by atoms with Gasteiger partial charge in [0.1, 0.15) is 5.82 Å². The highest BCUT2D eigenvalue weighted by Gasteiger charge is 2.25. The lowest BCUT2D eigenvalue weighted by atomic mass is 10.2. The smallest absolute Gasteiger partial charge is 0.409 e. The predicted molar refractivity (Wildman–Crippen MR) is 102 cm³/mol. The van der Waals surface area contributed by atoms with E-state index in [1.807, 2.05) is 0 Å². The van der Waals surface area contributed by atoms with Crippen LogP contribution in [-0.2, 0) is 16.6 Å². The number of halogens is 1. The van der Waals surface area contributed by atoms with Gasteiger partial charge in [-0.3, -0.25) is 4.79 Å². The van der Waals surface area contributed by atoms with Gasteiger partial charge in [0.25, 0.3) is 0 Å². The second-order valence-electron chi connectivity index (χ2n) is 6.20. The average molecular weight is 407 g/mol. The number of carbonyl (C=O) groups is 2. The number of ether oxygens (including phenoxy) is 1. The Morgan fingerprint density at radius 2 is 1.82 bits per heavy atom. The van der Waals surface area contributed by atoms with Crippen molar-refractivity contribution in [3.8, 4) is 11.4 Å². The molecule has 0 unspecified atom stereocenters. The molecule has 2 heterocycles. The highest BCUT2D eigenvalue weighted by molar-refractivity contribution is 7.99. The van der Waals surface area contributed by atoms with Crippen LogP contribution in [0, 0.1) is 5.82 Å². The molecule has 8 nitrogen and oxygen atoms in total. The fraction of sp³-hybridized carbons (Fsp3) is 0.444. The van der Waals surface area contributed by atoms with Gasteiger partial charge in [0, 0.05) is 33.2 Å². The molecule has 1 fully saturated rings. The third-order valence-corrected chi connectivity index (χ3v) is 5.44. The minimum absolute atomic E-state index is 0.0380. The van der Waals surface area contributed by atoms with Crippen LogP contribution in [0.3, 0.4) is 0 Å². The van der Waals surface area contributed by atoms with E-state index in [4.69, 9.17) is 4.74 Å². The first kappa shape index (κ1) is 20.1. The molecular formula is C18H22FN5O3S. The first-order valence-electron chi connectivity index (χ1n) is 8.97. The van der Waals surface area contributed by atoms with Crippen LogP contribution in [0.2, 0.25) is 0 Å². The SMILES string of the molecule is CCOC(=O)N1CCN(C(=O)CSc2nnc(-c3ccccc3F)n2C)CC1. The van der Waals surface area contributed by atoms with Crippen molar-refractivity contribution >= 4 is 23.8 Å². The molecule has 1 aliphatic heterocycles. The van der Waals surface area contributed by atoms with Crippen LogP contribution in [-0.4, -0.2) is 75.1 Å². The fourth-order valence-corrected chi connectivity index (χ4v) is 3.70. The molecule has 28 heavy (non-hydrogen) atoms. The molecule has 2 aromatic rings. The van der Waals surface area contributed by atoms with Crippen LogP contribution in [0.1, 0.15) is 6.92 Å². The molecule has 150 valence electrons. The van der Waals surface area contributed by atoms with Gasteiger partial charge in [0.2, 0.25) is 5.91 Å². The average Bonchev–Trinajstić information content (AvgIpc) is 3.07. The molecule has 0 atom stereocenters. The second kappa shape index (κ2) is 9.05. The Labute approximate surface area is 166 Å². The number of hydrogen-bond acceptors (Lipinski definition) is 6. The summed E-state index contributed by atoms with van der Waals surface area (Å²) in [7, 11) is 1.74. The van der Waals surface area contributed by atoms with Gasteiger partial charge in [-0.05, 0) is 19.1 Å². The number of benzene rings is 1. The lowest BCUT2D eigenvalue weighted by Crippen LogP contribution is -2.51. The van der Waals surface area contributed by atoms with Gasteiger partial charge in [-0.25, -0.2) is 9.18 Å². The van der Waals surface area contributed by atoms with E-state index in [-0.39, 0.29) is 23.6 Å². The maximum Gasteiger partial charge on any atom is 0.409 e. The molecule has 10 heteroatoms. The fourth-order valence-electron chi connectivity index (χ4n) is 2.89. The summed E-state index contributed by atoms with van der Waals surface area (Å²) in [5.74, 6) is 0.202. The molecule has 0 aliphatic carbocycles.